The highest BCUT2D eigenvalue weighted by molar-refractivity contribution is 6.30. The molecule has 1 aromatic rings. The van der Waals surface area contributed by atoms with Crippen molar-refractivity contribution in [2.45, 2.75) is 26.4 Å². The van der Waals surface area contributed by atoms with Gasteiger partial charge in [0.15, 0.2) is 0 Å². The van der Waals surface area contributed by atoms with Crippen LogP contribution in [0.1, 0.15) is 20.8 Å². The van der Waals surface area contributed by atoms with Crippen LogP contribution < -0.4 is 4.74 Å². The van der Waals surface area contributed by atoms with E-state index < -0.39 is 17.5 Å². The summed E-state index contributed by atoms with van der Waals surface area (Å²) < 4.78 is 4.75. The number of hydrogen-bond donors (Lipinski definition) is 0. The Hall–Kier alpha value is -1.88. The van der Waals surface area contributed by atoms with E-state index in [4.69, 9.17) is 9.62 Å². The smallest absolute Gasteiger partial charge is 0.418 e. The molecule has 0 saturated heterocycles. The van der Waals surface area contributed by atoms with Gasteiger partial charge in [-0.3, -0.25) is 4.89 Å². The molecule has 0 aliphatic rings. The fourth-order valence-electron chi connectivity index (χ4n) is 0.834. The number of para-hydroxylation sites is 1. The van der Waals surface area contributed by atoms with Gasteiger partial charge in [0.05, 0.1) is 0 Å². The van der Waals surface area contributed by atoms with E-state index in [9.17, 15) is 9.59 Å². The van der Waals surface area contributed by atoms with Crippen LogP contribution in [0.25, 0.3) is 0 Å². The van der Waals surface area contributed by atoms with Crippen molar-refractivity contribution in [1.29, 1.82) is 0 Å². The first-order valence-corrected chi connectivity index (χ1v) is 5.05. The van der Waals surface area contributed by atoms with Crippen LogP contribution in [-0.2, 0) is 19.4 Å². The van der Waals surface area contributed by atoms with Crippen molar-refractivity contribution in [2.24, 2.45) is 0 Å². The van der Waals surface area contributed by atoms with Crippen molar-refractivity contribution >= 4 is 11.9 Å². The number of carbonyl (C=O) groups is 2. The highest BCUT2D eigenvalue weighted by Gasteiger charge is 2.23. The molecule has 0 bridgehead atoms. The van der Waals surface area contributed by atoms with Crippen LogP contribution in [0.3, 0.4) is 0 Å². The highest BCUT2D eigenvalue weighted by atomic mass is 17.2. The van der Waals surface area contributed by atoms with E-state index in [0.29, 0.717) is 0 Å². The number of benzene rings is 1. The summed E-state index contributed by atoms with van der Waals surface area (Å²) in [4.78, 5) is 31.5. The zero-order valence-electron chi connectivity index (χ0n) is 9.93. The maximum Gasteiger partial charge on any atom is 0.450 e. The monoisotopic (exact) mass is 238 g/mol. The Morgan fingerprint density at radius 1 is 1.00 bits per heavy atom. The average molecular weight is 238 g/mol. The lowest BCUT2D eigenvalue weighted by atomic mass is 10.2. The van der Waals surface area contributed by atoms with Crippen LogP contribution in [0.2, 0.25) is 0 Å². The van der Waals surface area contributed by atoms with Crippen LogP contribution in [-0.4, -0.2) is 17.5 Å². The van der Waals surface area contributed by atoms with Gasteiger partial charge in [-0.05, 0) is 32.9 Å². The van der Waals surface area contributed by atoms with E-state index >= 15 is 0 Å². The lowest BCUT2D eigenvalue weighted by Gasteiger charge is -2.15. The maximum absolute atomic E-state index is 11.3. The van der Waals surface area contributed by atoms with Gasteiger partial charge in [-0.15, -0.1) is 0 Å². The van der Waals surface area contributed by atoms with Gasteiger partial charge < -0.3 is 4.74 Å². The van der Waals surface area contributed by atoms with E-state index in [1.54, 1.807) is 51.1 Å². The summed E-state index contributed by atoms with van der Waals surface area (Å²) in [5.74, 6) is -2.05. The second kappa shape index (κ2) is 5.45. The van der Waals surface area contributed by atoms with Crippen molar-refractivity contribution in [3.63, 3.8) is 0 Å². The minimum atomic E-state index is -1.19. The van der Waals surface area contributed by atoms with Crippen molar-refractivity contribution in [1.82, 2.24) is 0 Å². The van der Waals surface area contributed by atoms with Gasteiger partial charge >= 0.3 is 11.9 Å². The minimum Gasteiger partial charge on any atom is -0.418 e. The standard InChI is InChI=1S/C12H14O5/c1-12(2,3)17-16-11(14)10(13)15-9-7-5-4-6-8-9/h4-8H,1-3H3. The van der Waals surface area contributed by atoms with Crippen molar-refractivity contribution in [3.8, 4) is 5.75 Å². The molecule has 17 heavy (non-hydrogen) atoms. The molecule has 0 fully saturated rings. The Kier molecular flexibility index (Phi) is 4.23. The molecule has 5 nitrogen and oxygen atoms in total. The number of esters is 1. The number of rotatable bonds is 2. The average Bonchev–Trinajstić information content (AvgIpc) is 2.26. The third-order valence-electron chi connectivity index (χ3n) is 1.49. The molecule has 1 rings (SSSR count). The third kappa shape index (κ3) is 5.12. The Balaban J connectivity index is 2.46. The molecule has 0 aliphatic carbocycles. The van der Waals surface area contributed by atoms with Crippen molar-refractivity contribution in [2.75, 3.05) is 0 Å². The molecule has 0 aliphatic heterocycles. The largest absolute Gasteiger partial charge is 0.450 e. The van der Waals surface area contributed by atoms with E-state index in [1.807, 2.05) is 0 Å². The number of ether oxygens (including phenoxy) is 1. The zero-order valence-corrected chi connectivity index (χ0v) is 9.93. The third-order valence-corrected chi connectivity index (χ3v) is 1.49. The Labute approximate surface area is 99.2 Å². The lowest BCUT2D eigenvalue weighted by Crippen LogP contribution is -2.28. The summed E-state index contributed by atoms with van der Waals surface area (Å²) in [7, 11) is 0. The minimum absolute atomic E-state index is 0.269. The molecule has 0 aromatic heterocycles. The Morgan fingerprint density at radius 3 is 2.12 bits per heavy atom. The van der Waals surface area contributed by atoms with Gasteiger partial charge in [-0.1, -0.05) is 18.2 Å². The molecule has 0 spiro atoms. The van der Waals surface area contributed by atoms with E-state index in [2.05, 4.69) is 4.89 Å². The van der Waals surface area contributed by atoms with Gasteiger partial charge in [0.25, 0.3) is 0 Å². The molecule has 0 heterocycles. The van der Waals surface area contributed by atoms with Crippen LogP contribution in [0, 0.1) is 0 Å². The molecule has 92 valence electrons. The number of hydrogen-bond acceptors (Lipinski definition) is 5. The molecule has 0 atom stereocenters. The molecule has 0 unspecified atom stereocenters. The molecule has 1 aromatic carbocycles. The second-order valence-corrected chi connectivity index (χ2v) is 4.27. The molecular weight excluding hydrogens is 224 g/mol. The first-order valence-electron chi connectivity index (χ1n) is 5.05. The SMILES string of the molecule is CC(C)(C)OOC(=O)C(=O)Oc1ccccc1. The molecule has 5 heteroatoms. The highest BCUT2D eigenvalue weighted by Crippen LogP contribution is 2.10. The van der Waals surface area contributed by atoms with Crippen LogP contribution in [0.15, 0.2) is 30.3 Å². The van der Waals surface area contributed by atoms with Gasteiger partial charge in [-0.2, -0.15) is 4.89 Å². The summed E-state index contributed by atoms with van der Waals surface area (Å²) in [5, 5.41) is 0. The Morgan fingerprint density at radius 2 is 1.59 bits per heavy atom. The van der Waals surface area contributed by atoms with Crippen LogP contribution in [0.4, 0.5) is 0 Å². The van der Waals surface area contributed by atoms with E-state index in [1.165, 1.54) is 0 Å². The van der Waals surface area contributed by atoms with Crippen LogP contribution >= 0.6 is 0 Å². The predicted molar refractivity (Wildman–Crippen MR) is 59.0 cm³/mol. The summed E-state index contributed by atoms with van der Waals surface area (Å²) in [6.45, 7) is 5.05. The van der Waals surface area contributed by atoms with Gasteiger partial charge in [0.2, 0.25) is 0 Å². The maximum atomic E-state index is 11.3. The molecule has 0 amide bonds. The molecular formula is C12H14O5. The molecule has 0 saturated carbocycles. The van der Waals surface area contributed by atoms with Gasteiger partial charge in [0, 0.05) is 0 Å². The zero-order chi connectivity index (χ0) is 12.9. The molecule has 0 N–H and O–H groups in total. The van der Waals surface area contributed by atoms with E-state index in [-0.39, 0.29) is 5.75 Å². The fourth-order valence-corrected chi connectivity index (χ4v) is 0.834. The normalized spacial score (nSPS) is 10.8. The summed E-state index contributed by atoms with van der Waals surface area (Å²) in [6, 6.07) is 8.23. The Bertz CT molecular complexity index is 391. The van der Waals surface area contributed by atoms with Crippen LogP contribution in [0.5, 0.6) is 5.75 Å². The van der Waals surface area contributed by atoms with Gasteiger partial charge in [-0.25, -0.2) is 9.59 Å². The van der Waals surface area contributed by atoms with Crippen molar-refractivity contribution in [3.05, 3.63) is 30.3 Å². The molecule has 0 radical (unpaired) electrons. The van der Waals surface area contributed by atoms with Gasteiger partial charge in [0.1, 0.15) is 11.4 Å². The quantitative estimate of drug-likeness (QED) is 0.259. The summed E-state index contributed by atoms with van der Waals surface area (Å²) in [5.41, 5.74) is -0.678. The number of carbonyl (C=O) groups excluding carboxylic acids is 2. The predicted octanol–water partition coefficient (Wildman–Crippen LogP) is 1.87. The van der Waals surface area contributed by atoms with E-state index in [0.717, 1.165) is 0 Å². The lowest BCUT2D eigenvalue weighted by molar-refractivity contribution is -0.318. The fraction of sp³-hybridized carbons (Fsp3) is 0.333. The topological polar surface area (TPSA) is 61.8 Å². The summed E-state index contributed by atoms with van der Waals surface area (Å²) >= 11 is 0. The van der Waals surface area contributed by atoms with Crippen molar-refractivity contribution < 1.29 is 24.1 Å². The second-order valence-electron chi connectivity index (χ2n) is 4.27. The first kappa shape index (κ1) is 13.2. The first-order chi connectivity index (χ1) is 7.88. The summed E-state index contributed by atoms with van der Waals surface area (Å²) in [6.07, 6.45) is 0.